The maximum atomic E-state index is 12.3. The van der Waals surface area contributed by atoms with Gasteiger partial charge >= 0.3 is 5.69 Å². The Morgan fingerprint density at radius 3 is 2.64 bits per heavy atom. The SMILES string of the molecule is CCn1c(=O)c2[nH]c(CCN3CCNCC3)nc2n(C)c1=O. The third kappa shape index (κ3) is 2.59. The first-order chi connectivity index (χ1) is 10.6. The number of H-pyrrole nitrogens is 1. The fraction of sp³-hybridized carbons (Fsp3) is 0.643. The lowest BCUT2D eigenvalue weighted by atomic mass is 10.3. The second-order valence-electron chi connectivity index (χ2n) is 5.61. The van der Waals surface area contributed by atoms with Crippen molar-refractivity contribution in [2.75, 3.05) is 32.7 Å². The lowest BCUT2D eigenvalue weighted by molar-refractivity contribution is 0.242. The molecule has 8 nitrogen and oxygen atoms in total. The number of rotatable bonds is 4. The Morgan fingerprint density at radius 1 is 1.23 bits per heavy atom. The van der Waals surface area contributed by atoms with Gasteiger partial charge in [-0.15, -0.1) is 0 Å². The highest BCUT2D eigenvalue weighted by atomic mass is 16.2. The van der Waals surface area contributed by atoms with Crippen LogP contribution in [0.25, 0.3) is 11.2 Å². The highest BCUT2D eigenvalue weighted by molar-refractivity contribution is 5.69. The smallest absolute Gasteiger partial charge is 0.332 e. The first kappa shape index (κ1) is 15.0. The van der Waals surface area contributed by atoms with E-state index in [-0.39, 0.29) is 11.2 Å². The van der Waals surface area contributed by atoms with Crippen LogP contribution in [0, 0.1) is 0 Å². The van der Waals surface area contributed by atoms with Gasteiger partial charge in [-0.05, 0) is 6.92 Å². The largest absolute Gasteiger partial charge is 0.336 e. The third-order valence-corrected chi connectivity index (χ3v) is 4.22. The molecule has 2 aromatic heterocycles. The minimum atomic E-state index is -0.319. The Morgan fingerprint density at radius 2 is 1.95 bits per heavy atom. The molecule has 0 unspecified atom stereocenters. The molecule has 0 aliphatic carbocycles. The summed E-state index contributed by atoms with van der Waals surface area (Å²) in [4.78, 5) is 34.3. The Labute approximate surface area is 127 Å². The summed E-state index contributed by atoms with van der Waals surface area (Å²) in [5.74, 6) is 0.759. The van der Waals surface area contributed by atoms with Crippen LogP contribution in [0.4, 0.5) is 0 Å². The number of piperazine rings is 1. The van der Waals surface area contributed by atoms with E-state index in [0.29, 0.717) is 17.7 Å². The van der Waals surface area contributed by atoms with E-state index in [2.05, 4.69) is 20.2 Å². The fourth-order valence-electron chi connectivity index (χ4n) is 2.89. The zero-order valence-corrected chi connectivity index (χ0v) is 13.1. The summed E-state index contributed by atoms with van der Waals surface area (Å²) >= 11 is 0. The predicted molar refractivity (Wildman–Crippen MR) is 84.3 cm³/mol. The summed E-state index contributed by atoms with van der Waals surface area (Å²) in [5, 5.41) is 3.32. The van der Waals surface area contributed by atoms with Gasteiger partial charge in [0.1, 0.15) is 11.3 Å². The van der Waals surface area contributed by atoms with Gasteiger partial charge in [-0.2, -0.15) is 0 Å². The number of nitrogens with one attached hydrogen (secondary N) is 2. The van der Waals surface area contributed by atoms with Gasteiger partial charge < -0.3 is 15.2 Å². The molecule has 3 heterocycles. The molecule has 0 spiro atoms. The summed E-state index contributed by atoms with van der Waals surface area (Å²) in [6.07, 6.45) is 0.744. The average molecular weight is 306 g/mol. The van der Waals surface area contributed by atoms with E-state index < -0.39 is 0 Å². The average Bonchev–Trinajstić information content (AvgIpc) is 2.97. The van der Waals surface area contributed by atoms with Crippen molar-refractivity contribution in [3.63, 3.8) is 0 Å². The zero-order valence-electron chi connectivity index (χ0n) is 13.1. The third-order valence-electron chi connectivity index (χ3n) is 4.22. The van der Waals surface area contributed by atoms with E-state index in [0.717, 1.165) is 45.0 Å². The Balaban J connectivity index is 1.89. The second-order valence-corrected chi connectivity index (χ2v) is 5.61. The second kappa shape index (κ2) is 6.05. The van der Waals surface area contributed by atoms with E-state index in [4.69, 9.17) is 0 Å². The van der Waals surface area contributed by atoms with Crippen molar-refractivity contribution in [3.05, 3.63) is 26.7 Å². The fourth-order valence-corrected chi connectivity index (χ4v) is 2.89. The molecule has 1 aliphatic rings. The number of aryl methyl sites for hydroxylation is 1. The van der Waals surface area contributed by atoms with Crippen LogP contribution in [0.15, 0.2) is 9.59 Å². The molecule has 2 aromatic rings. The summed E-state index contributed by atoms with van der Waals surface area (Å²) in [6.45, 7) is 7.12. The van der Waals surface area contributed by atoms with Gasteiger partial charge in [-0.25, -0.2) is 9.78 Å². The van der Waals surface area contributed by atoms with Crippen molar-refractivity contribution >= 4 is 11.2 Å². The van der Waals surface area contributed by atoms with Gasteiger partial charge in [-0.1, -0.05) is 0 Å². The zero-order chi connectivity index (χ0) is 15.7. The number of fused-ring (bicyclic) bond motifs is 1. The Hall–Kier alpha value is -1.93. The van der Waals surface area contributed by atoms with Crippen molar-refractivity contribution in [2.24, 2.45) is 7.05 Å². The van der Waals surface area contributed by atoms with Crippen molar-refractivity contribution in [2.45, 2.75) is 19.9 Å². The van der Waals surface area contributed by atoms with Crippen LogP contribution in [-0.2, 0) is 20.0 Å². The molecular formula is C14H22N6O2. The molecular weight excluding hydrogens is 284 g/mol. The van der Waals surface area contributed by atoms with Gasteiger partial charge in [0, 0.05) is 52.7 Å². The van der Waals surface area contributed by atoms with Crippen LogP contribution in [0.2, 0.25) is 0 Å². The molecule has 0 amide bonds. The highest BCUT2D eigenvalue weighted by Crippen LogP contribution is 2.06. The van der Waals surface area contributed by atoms with Crippen LogP contribution >= 0.6 is 0 Å². The summed E-state index contributed by atoms with van der Waals surface area (Å²) in [5.41, 5.74) is 0.246. The monoisotopic (exact) mass is 306 g/mol. The van der Waals surface area contributed by atoms with Crippen LogP contribution < -0.4 is 16.6 Å². The number of aromatic nitrogens is 4. The summed E-state index contributed by atoms with van der Waals surface area (Å²) in [6, 6.07) is 0. The van der Waals surface area contributed by atoms with Crippen molar-refractivity contribution in [3.8, 4) is 0 Å². The molecule has 0 radical (unpaired) electrons. The van der Waals surface area contributed by atoms with E-state index in [1.807, 2.05) is 0 Å². The van der Waals surface area contributed by atoms with Crippen LogP contribution in [0.3, 0.4) is 0 Å². The standard InChI is InChI=1S/C14H22N6O2/c1-3-20-13(21)11-12(18(2)14(20)22)17-10(16-11)4-7-19-8-5-15-6-9-19/h15H,3-9H2,1-2H3,(H,16,17). The Kier molecular flexibility index (Phi) is 4.12. The van der Waals surface area contributed by atoms with Gasteiger partial charge in [0.15, 0.2) is 5.65 Å². The molecule has 8 heteroatoms. The summed E-state index contributed by atoms with van der Waals surface area (Å²) in [7, 11) is 1.65. The van der Waals surface area contributed by atoms with E-state index in [1.54, 1.807) is 14.0 Å². The predicted octanol–water partition coefficient (Wildman–Crippen LogP) is -1.11. The molecule has 1 saturated heterocycles. The molecule has 0 atom stereocenters. The number of hydrogen-bond donors (Lipinski definition) is 2. The molecule has 3 rings (SSSR count). The molecule has 0 aromatic carbocycles. The molecule has 0 saturated carbocycles. The highest BCUT2D eigenvalue weighted by Gasteiger charge is 2.15. The van der Waals surface area contributed by atoms with E-state index in [1.165, 1.54) is 9.13 Å². The van der Waals surface area contributed by atoms with Crippen molar-refractivity contribution in [1.29, 1.82) is 0 Å². The van der Waals surface area contributed by atoms with E-state index in [9.17, 15) is 9.59 Å². The minimum absolute atomic E-state index is 0.290. The first-order valence-electron chi connectivity index (χ1n) is 7.73. The quantitative estimate of drug-likeness (QED) is 0.748. The number of hydrogen-bond acceptors (Lipinski definition) is 5. The molecule has 0 bridgehead atoms. The molecule has 2 N–H and O–H groups in total. The van der Waals surface area contributed by atoms with Gasteiger partial charge in [0.05, 0.1) is 0 Å². The normalized spacial score (nSPS) is 16.5. The Bertz CT molecular complexity index is 781. The lowest BCUT2D eigenvalue weighted by Crippen LogP contribution is -2.44. The minimum Gasteiger partial charge on any atom is -0.336 e. The van der Waals surface area contributed by atoms with Crippen molar-refractivity contribution < 1.29 is 0 Å². The van der Waals surface area contributed by atoms with Crippen molar-refractivity contribution in [1.82, 2.24) is 29.3 Å². The summed E-state index contributed by atoms with van der Waals surface area (Å²) < 4.78 is 2.66. The van der Waals surface area contributed by atoms with E-state index >= 15 is 0 Å². The molecule has 1 aliphatic heterocycles. The molecule has 120 valence electrons. The number of imidazole rings is 1. The van der Waals surface area contributed by atoms with Crippen LogP contribution in [0.5, 0.6) is 0 Å². The van der Waals surface area contributed by atoms with Gasteiger partial charge in [0.2, 0.25) is 0 Å². The molecule has 22 heavy (non-hydrogen) atoms. The van der Waals surface area contributed by atoms with Crippen LogP contribution in [0.1, 0.15) is 12.7 Å². The molecule has 1 fully saturated rings. The van der Waals surface area contributed by atoms with Crippen LogP contribution in [-0.4, -0.2) is 56.7 Å². The maximum Gasteiger partial charge on any atom is 0.332 e. The maximum absolute atomic E-state index is 12.3. The van der Waals surface area contributed by atoms with Gasteiger partial charge in [-0.3, -0.25) is 13.9 Å². The number of nitrogens with zero attached hydrogens (tertiary/aromatic N) is 4. The lowest BCUT2D eigenvalue weighted by Gasteiger charge is -2.26. The van der Waals surface area contributed by atoms with Gasteiger partial charge in [0.25, 0.3) is 5.56 Å². The number of aromatic amines is 1. The topological polar surface area (TPSA) is 87.9 Å². The first-order valence-corrected chi connectivity index (χ1v) is 7.73.